The number of thiocarbonyl (C=S) groups is 1. The molecule has 1 atom stereocenters. The number of amides is 1. The van der Waals surface area contributed by atoms with Gasteiger partial charge in [-0.05, 0) is 76.3 Å². The van der Waals surface area contributed by atoms with Gasteiger partial charge >= 0.3 is 6.18 Å². The molecule has 0 bridgehead atoms. The van der Waals surface area contributed by atoms with E-state index in [0.29, 0.717) is 6.07 Å². The maximum Gasteiger partial charge on any atom is 0.417 e. The minimum Gasteiger partial charge on any atom is -0.485 e. The van der Waals surface area contributed by atoms with Gasteiger partial charge in [0.2, 0.25) is 0 Å². The zero-order valence-electron chi connectivity index (χ0n) is 20.1. The second-order valence-electron chi connectivity index (χ2n) is 9.83. The van der Waals surface area contributed by atoms with E-state index in [4.69, 9.17) is 22.2 Å². The summed E-state index contributed by atoms with van der Waals surface area (Å²) in [5.74, 6) is -1.10. The van der Waals surface area contributed by atoms with E-state index in [0.717, 1.165) is 11.0 Å². The van der Waals surface area contributed by atoms with Gasteiger partial charge in [0.05, 0.1) is 34.2 Å². The summed E-state index contributed by atoms with van der Waals surface area (Å²) in [6.07, 6.45) is -5.84. The molecule has 2 aromatic carbocycles. The first-order valence-corrected chi connectivity index (χ1v) is 13.0. The number of halogens is 3. The topological polar surface area (TPSA) is 111 Å². The van der Waals surface area contributed by atoms with Gasteiger partial charge in [-0.1, -0.05) is 0 Å². The Bertz CT molecular complexity index is 1470. The van der Waals surface area contributed by atoms with Crippen molar-refractivity contribution in [2.45, 2.75) is 56.0 Å². The number of carbonyl (C=O) groups excluding carboxylic acids is 1. The second kappa shape index (κ2) is 8.41. The van der Waals surface area contributed by atoms with Crippen molar-refractivity contribution in [1.82, 2.24) is 0 Å². The lowest BCUT2D eigenvalue weighted by Crippen LogP contribution is -2.47. The molecule has 1 unspecified atom stereocenters. The number of hydrogen-bond acceptors (Lipinski definition) is 7. The van der Waals surface area contributed by atoms with Gasteiger partial charge in [0.1, 0.15) is 22.3 Å². The molecule has 0 saturated carbocycles. The van der Waals surface area contributed by atoms with Crippen molar-refractivity contribution in [3.8, 4) is 11.8 Å². The van der Waals surface area contributed by atoms with Crippen LogP contribution < -0.4 is 14.5 Å². The van der Waals surface area contributed by atoms with Crippen molar-refractivity contribution in [1.29, 1.82) is 5.26 Å². The number of benzene rings is 2. The third kappa shape index (κ3) is 4.43. The molecule has 37 heavy (non-hydrogen) atoms. The molecule has 1 saturated heterocycles. The third-order valence-corrected chi connectivity index (χ3v) is 8.40. The summed E-state index contributed by atoms with van der Waals surface area (Å²) in [4.78, 5) is 15.5. The van der Waals surface area contributed by atoms with Gasteiger partial charge in [-0.25, -0.2) is 8.42 Å². The van der Waals surface area contributed by atoms with Gasteiger partial charge in [0.15, 0.2) is 14.9 Å². The standard InChI is InChI=1S/C24H22F3N3O5S2/c1-22(2)20(31)29(14-6-5-13(11-28)16(9-14)24(25,26)27)21(36)30(22)15-7-8-17-18(10-15)37(33,34)12-19(35-17)23(3,4)32/h5-10,19,32H,12H2,1-4H3. The fraction of sp³-hybridized carbons (Fsp3) is 0.375. The molecule has 0 aliphatic carbocycles. The number of alkyl halides is 3. The van der Waals surface area contributed by atoms with E-state index < -0.39 is 56.0 Å². The van der Waals surface area contributed by atoms with Crippen LogP contribution in [0.1, 0.15) is 38.8 Å². The number of aliphatic hydroxyl groups is 1. The van der Waals surface area contributed by atoms with Crippen LogP contribution in [-0.2, 0) is 20.8 Å². The smallest absolute Gasteiger partial charge is 0.417 e. The Morgan fingerprint density at radius 2 is 1.78 bits per heavy atom. The maximum atomic E-state index is 13.5. The molecule has 4 rings (SSSR count). The number of nitriles is 1. The number of anilines is 2. The second-order valence-corrected chi connectivity index (χ2v) is 12.2. The molecular formula is C24H22F3N3O5S2. The van der Waals surface area contributed by atoms with Gasteiger partial charge in [0.25, 0.3) is 5.91 Å². The molecule has 2 aromatic rings. The number of fused-ring (bicyclic) bond motifs is 1. The average molecular weight is 554 g/mol. The number of ether oxygens (including phenoxy) is 1. The summed E-state index contributed by atoms with van der Waals surface area (Å²) in [5.41, 5.74) is -4.61. The Morgan fingerprint density at radius 3 is 2.35 bits per heavy atom. The van der Waals surface area contributed by atoms with E-state index in [-0.39, 0.29) is 27.1 Å². The minimum atomic E-state index is -4.84. The van der Waals surface area contributed by atoms with E-state index >= 15 is 0 Å². The van der Waals surface area contributed by atoms with Crippen molar-refractivity contribution in [3.05, 3.63) is 47.5 Å². The summed E-state index contributed by atoms with van der Waals surface area (Å²) in [7, 11) is -3.90. The van der Waals surface area contributed by atoms with Gasteiger partial charge in [0, 0.05) is 5.69 Å². The van der Waals surface area contributed by atoms with Crippen LogP contribution in [-0.4, -0.2) is 47.5 Å². The van der Waals surface area contributed by atoms with Crippen molar-refractivity contribution in [3.63, 3.8) is 0 Å². The Balaban J connectivity index is 1.79. The molecule has 13 heteroatoms. The van der Waals surface area contributed by atoms with Crippen LogP contribution in [0, 0.1) is 11.3 Å². The third-order valence-electron chi connectivity index (χ3n) is 6.30. The first kappa shape index (κ1) is 26.8. The van der Waals surface area contributed by atoms with Crippen LogP contribution in [0.15, 0.2) is 41.3 Å². The average Bonchev–Trinajstić information content (AvgIpc) is 2.95. The Labute approximate surface area is 216 Å². The molecule has 1 amide bonds. The monoisotopic (exact) mass is 553 g/mol. The SMILES string of the molecule is CC(C)(O)C1CS(=O)(=O)c2cc(N3C(=S)N(c4ccc(C#N)c(C(F)(F)F)c4)C(=O)C3(C)C)ccc2O1. The fourth-order valence-electron chi connectivity index (χ4n) is 4.26. The predicted octanol–water partition coefficient (Wildman–Crippen LogP) is 3.80. The molecule has 0 aromatic heterocycles. The van der Waals surface area contributed by atoms with Crippen LogP contribution in [0.25, 0.3) is 0 Å². The quantitative estimate of drug-likeness (QED) is 0.572. The maximum absolute atomic E-state index is 13.5. The summed E-state index contributed by atoms with van der Waals surface area (Å²) in [5, 5.41) is 19.2. The molecule has 196 valence electrons. The number of carbonyl (C=O) groups is 1. The van der Waals surface area contributed by atoms with E-state index in [1.54, 1.807) is 0 Å². The Morgan fingerprint density at radius 1 is 1.16 bits per heavy atom. The van der Waals surface area contributed by atoms with Crippen LogP contribution in [0.3, 0.4) is 0 Å². The van der Waals surface area contributed by atoms with Gasteiger partial charge in [-0.2, -0.15) is 18.4 Å². The fourth-order valence-corrected chi connectivity index (χ4v) is 6.56. The van der Waals surface area contributed by atoms with E-state index in [9.17, 15) is 31.5 Å². The largest absolute Gasteiger partial charge is 0.485 e. The van der Waals surface area contributed by atoms with Gasteiger partial charge in [-0.3, -0.25) is 9.69 Å². The summed E-state index contributed by atoms with van der Waals surface area (Å²) >= 11 is 5.50. The van der Waals surface area contributed by atoms with E-state index in [1.165, 1.54) is 62.9 Å². The van der Waals surface area contributed by atoms with Crippen LogP contribution >= 0.6 is 12.2 Å². The number of nitrogens with zero attached hydrogens (tertiary/aromatic N) is 3. The van der Waals surface area contributed by atoms with E-state index in [2.05, 4.69) is 0 Å². The van der Waals surface area contributed by atoms with E-state index in [1.807, 2.05) is 0 Å². The summed E-state index contributed by atoms with van der Waals surface area (Å²) in [6, 6.07) is 8.48. The molecule has 2 aliphatic rings. The Kier molecular flexibility index (Phi) is 6.10. The number of sulfone groups is 1. The lowest BCUT2D eigenvalue weighted by Gasteiger charge is -2.35. The van der Waals surface area contributed by atoms with Gasteiger partial charge < -0.3 is 14.7 Å². The predicted molar refractivity (Wildman–Crippen MR) is 132 cm³/mol. The van der Waals surface area contributed by atoms with Crippen molar-refractivity contribution < 1.29 is 36.2 Å². The van der Waals surface area contributed by atoms with Crippen molar-refractivity contribution >= 4 is 44.4 Å². The highest BCUT2D eigenvalue weighted by atomic mass is 32.2. The summed E-state index contributed by atoms with van der Waals surface area (Å²) in [6.45, 7) is 5.88. The molecule has 0 spiro atoms. The normalized spacial score (nSPS) is 20.9. The highest BCUT2D eigenvalue weighted by molar-refractivity contribution is 7.91. The lowest BCUT2D eigenvalue weighted by atomic mass is 10.0. The molecule has 8 nitrogen and oxygen atoms in total. The number of rotatable bonds is 3. The molecule has 2 heterocycles. The van der Waals surface area contributed by atoms with Crippen LogP contribution in [0.4, 0.5) is 24.5 Å². The minimum absolute atomic E-state index is 0.0233. The Hall–Kier alpha value is -3.21. The molecule has 1 N–H and O–H groups in total. The first-order valence-electron chi connectivity index (χ1n) is 11.0. The van der Waals surface area contributed by atoms with Gasteiger partial charge in [-0.15, -0.1) is 0 Å². The molecule has 1 fully saturated rings. The molecular weight excluding hydrogens is 531 g/mol. The first-order chi connectivity index (χ1) is 16.9. The van der Waals surface area contributed by atoms with Crippen LogP contribution in [0.5, 0.6) is 5.75 Å². The van der Waals surface area contributed by atoms with Crippen molar-refractivity contribution in [2.24, 2.45) is 0 Å². The number of hydrogen-bond donors (Lipinski definition) is 1. The zero-order valence-corrected chi connectivity index (χ0v) is 21.8. The van der Waals surface area contributed by atoms with Crippen LogP contribution in [0.2, 0.25) is 0 Å². The van der Waals surface area contributed by atoms with Crippen molar-refractivity contribution in [2.75, 3.05) is 15.6 Å². The molecule has 2 aliphatic heterocycles. The zero-order chi connectivity index (χ0) is 27.7. The molecule has 0 radical (unpaired) electrons. The highest BCUT2D eigenvalue weighted by Crippen LogP contribution is 2.42. The lowest BCUT2D eigenvalue weighted by molar-refractivity contribution is -0.137. The highest BCUT2D eigenvalue weighted by Gasteiger charge is 2.51. The summed E-state index contributed by atoms with van der Waals surface area (Å²) < 4.78 is 72.4.